The summed E-state index contributed by atoms with van der Waals surface area (Å²) in [5, 5.41) is 9.22. The zero-order chi connectivity index (χ0) is 13.2. The molecule has 6 heteroatoms. The third kappa shape index (κ3) is 6.36. The fourth-order valence-corrected chi connectivity index (χ4v) is 2.02. The average molecular weight is 270 g/mol. The van der Waals surface area contributed by atoms with Crippen molar-refractivity contribution >= 4 is 23.2 Å². The minimum absolute atomic E-state index is 0.0200. The van der Waals surface area contributed by atoms with Gasteiger partial charge in [-0.05, 0) is 28.8 Å². The van der Waals surface area contributed by atoms with Crippen LogP contribution in [0.1, 0.15) is 12.0 Å². The van der Waals surface area contributed by atoms with Crippen molar-refractivity contribution in [3.8, 4) is 0 Å². The Balaban J connectivity index is 2.07. The van der Waals surface area contributed by atoms with Crippen LogP contribution >= 0.6 is 11.3 Å². The number of hydrogen-bond acceptors (Lipinski definition) is 4. The molecule has 1 aromatic rings. The second-order valence-electron chi connectivity index (χ2n) is 3.75. The monoisotopic (exact) mass is 270 g/mol. The third-order valence-electron chi connectivity index (χ3n) is 2.30. The normalized spacial score (nSPS) is 10.1. The summed E-state index contributed by atoms with van der Waals surface area (Å²) in [7, 11) is 1.57. The second-order valence-corrected chi connectivity index (χ2v) is 4.53. The number of hydrogen-bond donors (Lipinski definition) is 2. The molecule has 0 aliphatic carbocycles. The maximum Gasteiger partial charge on any atom is 0.239 e. The van der Waals surface area contributed by atoms with Crippen molar-refractivity contribution in [1.82, 2.24) is 10.6 Å². The van der Waals surface area contributed by atoms with E-state index in [1.165, 1.54) is 0 Å². The molecule has 2 amide bonds. The zero-order valence-corrected chi connectivity index (χ0v) is 11.2. The smallest absolute Gasteiger partial charge is 0.239 e. The van der Waals surface area contributed by atoms with Crippen LogP contribution in [0.2, 0.25) is 0 Å². The number of amides is 2. The van der Waals surface area contributed by atoms with Crippen LogP contribution in [0.25, 0.3) is 0 Å². The number of aryl methyl sites for hydroxylation is 1. The van der Waals surface area contributed by atoms with Gasteiger partial charge in [0.2, 0.25) is 11.8 Å². The second kappa shape index (κ2) is 8.66. The number of carbonyl (C=O) groups excluding carboxylic acids is 2. The molecular formula is C12H18N2O3S. The first-order chi connectivity index (χ1) is 8.72. The summed E-state index contributed by atoms with van der Waals surface area (Å²) >= 11 is 1.61. The Kier molecular flexibility index (Phi) is 7.05. The first kappa shape index (κ1) is 14.7. The first-order valence-electron chi connectivity index (χ1n) is 5.76. The number of rotatable bonds is 8. The van der Waals surface area contributed by atoms with E-state index >= 15 is 0 Å². The number of thiophene rings is 1. The van der Waals surface area contributed by atoms with Crippen molar-refractivity contribution in [2.45, 2.75) is 12.8 Å². The van der Waals surface area contributed by atoms with Gasteiger partial charge in [-0.15, -0.1) is 0 Å². The molecule has 0 saturated carbocycles. The zero-order valence-electron chi connectivity index (χ0n) is 10.4. The lowest BCUT2D eigenvalue weighted by Gasteiger charge is -2.06. The predicted molar refractivity (Wildman–Crippen MR) is 70.5 cm³/mol. The van der Waals surface area contributed by atoms with Gasteiger partial charge in [-0.2, -0.15) is 11.3 Å². The highest BCUT2D eigenvalue weighted by molar-refractivity contribution is 7.07. The lowest BCUT2D eigenvalue weighted by atomic mass is 10.2. The van der Waals surface area contributed by atoms with Gasteiger partial charge < -0.3 is 15.4 Å². The largest absolute Gasteiger partial charge is 0.383 e. The molecular weight excluding hydrogens is 252 g/mol. The third-order valence-corrected chi connectivity index (χ3v) is 3.03. The van der Waals surface area contributed by atoms with Crippen LogP contribution in [0.15, 0.2) is 16.8 Å². The fraction of sp³-hybridized carbons (Fsp3) is 0.500. The van der Waals surface area contributed by atoms with E-state index in [2.05, 4.69) is 10.6 Å². The van der Waals surface area contributed by atoms with Crippen molar-refractivity contribution in [2.24, 2.45) is 0 Å². The van der Waals surface area contributed by atoms with Crippen LogP contribution in [0, 0.1) is 0 Å². The molecule has 1 heterocycles. The van der Waals surface area contributed by atoms with Crippen LogP contribution in [-0.2, 0) is 20.7 Å². The number of nitrogens with one attached hydrogen (secondary N) is 2. The number of methoxy groups -OCH3 is 1. The molecule has 0 atom stereocenters. The van der Waals surface area contributed by atoms with E-state index in [1.807, 2.05) is 16.8 Å². The Morgan fingerprint density at radius 1 is 1.33 bits per heavy atom. The molecule has 0 radical (unpaired) electrons. The molecule has 100 valence electrons. The summed E-state index contributed by atoms with van der Waals surface area (Å²) in [6, 6.07) is 2.00. The molecule has 18 heavy (non-hydrogen) atoms. The maximum absolute atomic E-state index is 11.5. The van der Waals surface area contributed by atoms with Crippen LogP contribution in [0.5, 0.6) is 0 Å². The predicted octanol–water partition coefficient (Wildman–Crippen LogP) is 0.560. The van der Waals surface area contributed by atoms with Crippen LogP contribution in [0.4, 0.5) is 0 Å². The van der Waals surface area contributed by atoms with Crippen molar-refractivity contribution < 1.29 is 14.3 Å². The molecule has 0 aliphatic heterocycles. The Morgan fingerprint density at radius 3 is 2.83 bits per heavy atom. The molecule has 0 bridgehead atoms. The van der Waals surface area contributed by atoms with Gasteiger partial charge in [-0.25, -0.2) is 0 Å². The molecule has 2 N–H and O–H groups in total. The Bertz CT molecular complexity index is 365. The van der Waals surface area contributed by atoms with Gasteiger partial charge in [0.25, 0.3) is 0 Å². The molecule has 0 spiro atoms. The SMILES string of the molecule is COCCNC(=O)CNC(=O)CCc1ccsc1. The summed E-state index contributed by atoms with van der Waals surface area (Å²) in [5.74, 6) is -0.306. The van der Waals surface area contributed by atoms with Crippen molar-refractivity contribution in [3.05, 3.63) is 22.4 Å². The summed E-state index contributed by atoms with van der Waals surface area (Å²) in [5.41, 5.74) is 1.15. The van der Waals surface area contributed by atoms with Gasteiger partial charge >= 0.3 is 0 Å². The standard InChI is InChI=1S/C12H18N2O3S/c1-17-6-5-13-12(16)8-14-11(15)3-2-10-4-7-18-9-10/h4,7,9H,2-3,5-6,8H2,1H3,(H,13,16)(H,14,15). The Morgan fingerprint density at radius 2 is 2.17 bits per heavy atom. The van der Waals surface area contributed by atoms with Crippen molar-refractivity contribution in [3.63, 3.8) is 0 Å². The number of carbonyl (C=O) groups is 2. The van der Waals surface area contributed by atoms with Crippen LogP contribution < -0.4 is 10.6 Å². The summed E-state index contributed by atoms with van der Waals surface area (Å²) < 4.78 is 4.80. The van der Waals surface area contributed by atoms with E-state index in [-0.39, 0.29) is 18.4 Å². The highest BCUT2D eigenvalue weighted by Gasteiger charge is 2.05. The van der Waals surface area contributed by atoms with Gasteiger partial charge in [-0.1, -0.05) is 0 Å². The van der Waals surface area contributed by atoms with Gasteiger partial charge in [0.15, 0.2) is 0 Å². The van der Waals surface area contributed by atoms with E-state index in [9.17, 15) is 9.59 Å². The molecule has 0 fully saturated rings. The van der Waals surface area contributed by atoms with Gasteiger partial charge in [-0.3, -0.25) is 9.59 Å². The van der Waals surface area contributed by atoms with Crippen LogP contribution in [-0.4, -0.2) is 38.6 Å². The quantitative estimate of drug-likeness (QED) is 0.678. The molecule has 0 aliphatic rings. The number of ether oxygens (including phenoxy) is 1. The molecule has 1 aromatic heterocycles. The Hall–Kier alpha value is -1.40. The minimum atomic E-state index is -0.198. The summed E-state index contributed by atoms with van der Waals surface area (Å²) in [6.45, 7) is 0.949. The van der Waals surface area contributed by atoms with Crippen molar-refractivity contribution in [1.29, 1.82) is 0 Å². The highest BCUT2D eigenvalue weighted by Crippen LogP contribution is 2.07. The highest BCUT2D eigenvalue weighted by atomic mass is 32.1. The van der Waals surface area contributed by atoms with Crippen molar-refractivity contribution in [2.75, 3.05) is 26.8 Å². The van der Waals surface area contributed by atoms with E-state index in [0.29, 0.717) is 26.0 Å². The molecule has 0 aromatic carbocycles. The lowest BCUT2D eigenvalue weighted by molar-refractivity contribution is -0.126. The fourth-order valence-electron chi connectivity index (χ4n) is 1.32. The Labute approximate surface area is 111 Å². The van der Waals surface area contributed by atoms with E-state index in [1.54, 1.807) is 18.4 Å². The van der Waals surface area contributed by atoms with E-state index in [4.69, 9.17) is 4.74 Å². The van der Waals surface area contributed by atoms with E-state index in [0.717, 1.165) is 5.56 Å². The van der Waals surface area contributed by atoms with Crippen LogP contribution in [0.3, 0.4) is 0 Å². The molecule has 0 saturated heterocycles. The van der Waals surface area contributed by atoms with Gasteiger partial charge in [0.1, 0.15) is 0 Å². The lowest BCUT2D eigenvalue weighted by Crippen LogP contribution is -2.38. The van der Waals surface area contributed by atoms with E-state index < -0.39 is 0 Å². The maximum atomic E-state index is 11.5. The topological polar surface area (TPSA) is 67.4 Å². The summed E-state index contributed by atoms with van der Waals surface area (Å²) in [6.07, 6.45) is 1.11. The average Bonchev–Trinajstić information content (AvgIpc) is 2.87. The first-order valence-corrected chi connectivity index (χ1v) is 6.70. The minimum Gasteiger partial charge on any atom is -0.383 e. The molecule has 1 rings (SSSR count). The summed E-state index contributed by atoms with van der Waals surface area (Å²) in [4.78, 5) is 22.7. The van der Waals surface area contributed by atoms with Gasteiger partial charge in [0, 0.05) is 20.1 Å². The van der Waals surface area contributed by atoms with Gasteiger partial charge in [0.05, 0.1) is 13.2 Å². The molecule has 5 nitrogen and oxygen atoms in total. The molecule has 0 unspecified atom stereocenters.